The second-order valence-electron chi connectivity index (χ2n) is 7.25. The van der Waals surface area contributed by atoms with E-state index >= 15 is 0 Å². The van der Waals surface area contributed by atoms with Gasteiger partial charge in [-0.2, -0.15) is 0 Å². The molecule has 2 heterocycles. The fraction of sp³-hybridized carbons (Fsp3) is 0.333. The van der Waals surface area contributed by atoms with Crippen LogP contribution in [0.4, 0.5) is 4.79 Å². The van der Waals surface area contributed by atoms with Crippen molar-refractivity contribution >= 4 is 23.0 Å². The lowest BCUT2D eigenvalue weighted by molar-refractivity contribution is -0.124. The van der Waals surface area contributed by atoms with Crippen molar-refractivity contribution in [1.82, 2.24) is 30.5 Å². The predicted octanol–water partition coefficient (Wildman–Crippen LogP) is 1.20. The molecule has 1 saturated heterocycles. The lowest BCUT2D eigenvalue weighted by Gasteiger charge is -2.32. The number of benzene rings is 2. The van der Waals surface area contributed by atoms with Gasteiger partial charge in [0, 0.05) is 33.2 Å². The van der Waals surface area contributed by atoms with Gasteiger partial charge in [0.2, 0.25) is 5.91 Å². The minimum absolute atomic E-state index is 0.158. The van der Waals surface area contributed by atoms with Crippen LogP contribution in [-0.4, -0.2) is 57.6 Å². The van der Waals surface area contributed by atoms with E-state index in [1.165, 1.54) is 0 Å². The molecule has 3 aromatic rings. The van der Waals surface area contributed by atoms with Gasteiger partial charge >= 0.3 is 6.09 Å². The Morgan fingerprint density at radius 3 is 2.87 bits per heavy atom. The van der Waals surface area contributed by atoms with Crippen molar-refractivity contribution in [1.29, 1.82) is 0 Å². The summed E-state index contributed by atoms with van der Waals surface area (Å²) in [5, 5.41) is 14.2. The van der Waals surface area contributed by atoms with Crippen molar-refractivity contribution in [3.8, 4) is 0 Å². The quantitative estimate of drug-likeness (QED) is 0.658. The van der Waals surface area contributed by atoms with Gasteiger partial charge in [-0.1, -0.05) is 41.6 Å². The maximum Gasteiger partial charge on any atom is 0.410 e. The Kier molecular flexibility index (Phi) is 5.89. The lowest BCUT2D eigenvalue weighted by Crippen LogP contribution is -2.58. The summed E-state index contributed by atoms with van der Waals surface area (Å²) in [5.41, 5.74) is 3.58. The molecule has 0 unspecified atom stereocenters. The monoisotopic (exact) mass is 408 g/mol. The normalized spacial score (nSPS) is 16.4. The Morgan fingerprint density at radius 1 is 1.20 bits per heavy atom. The average Bonchev–Trinajstić information content (AvgIpc) is 3.16. The highest BCUT2D eigenvalue weighted by Gasteiger charge is 2.28. The average molecular weight is 408 g/mol. The molecule has 0 saturated carbocycles. The first-order valence-electron chi connectivity index (χ1n) is 9.85. The van der Waals surface area contributed by atoms with E-state index in [1.807, 2.05) is 55.6 Å². The van der Waals surface area contributed by atoms with E-state index in [0.717, 1.165) is 22.2 Å². The standard InChI is InChI=1S/C21H24N6O3/c1-26-19-8-7-16(11-17(19)24-25-26)12-23-20(28)18-13-27(10-9-22-18)21(29)30-14-15-5-3-2-4-6-15/h2-8,11,18,22H,9-10,12-14H2,1H3,(H,23,28)/t18-/m0/s1. The molecule has 0 bridgehead atoms. The number of carbonyl (C=O) groups is 2. The van der Waals surface area contributed by atoms with E-state index in [1.54, 1.807) is 9.58 Å². The zero-order valence-corrected chi connectivity index (χ0v) is 16.7. The van der Waals surface area contributed by atoms with Crippen LogP contribution >= 0.6 is 0 Å². The van der Waals surface area contributed by atoms with Gasteiger partial charge in [-0.25, -0.2) is 9.48 Å². The number of hydrogen-bond acceptors (Lipinski definition) is 6. The van der Waals surface area contributed by atoms with Gasteiger partial charge in [-0.15, -0.1) is 5.10 Å². The van der Waals surface area contributed by atoms with Crippen LogP contribution in [0.5, 0.6) is 0 Å². The number of rotatable bonds is 5. The van der Waals surface area contributed by atoms with E-state index < -0.39 is 12.1 Å². The Hall–Kier alpha value is -3.46. The number of amides is 2. The van der Waals surface area contributed by atoms with Gasteiger partial charge in [0.25, 0.3) is 0 Å². The largest absolute Gasteiger partial charge is 0.445 e. The summed E-state index contributed by atoms with van der Waals surface area (Å²) in [5.74, 6) is -0.158. The van der Waals surface area contributed by atoms with E-state index in [9.17, 15) is 9.59 Å². The zero-order valence-electron chi connectivity index (χ0n) is 16.7. The summed E-state index contributed by atoms with van der Waals surface area (Å²) in [6.45, 7) is 1.89. The highest BCUT2D eigenvalue weighted by Crippen LogP contribution is 2.12. The first-order chi connectivity index (χ1) is 14.6. The van der Waals surface area contributed by atoms with Crippen LogP contribution in [0.1, 0.15) is 11.1 Å². The van der Waals surface area contributed by atoms with Crippen molar-refractivity contribution in [2.45, 2.75) is 19.2 Å². The molecule has 0 spiro atoms. The first kappa shape index (κ1) is 19.8. The molecule has 1 aliphatic heterocycles. The number of ether oxygens (including phenoxy) is 1. The van der Waals surface area contributed by atoms with Crippen molar-refractivity contribution in [3.05, 3.63) is 59.7 Å². The molecule has 4 rings (SSSR count). The summed E-state index contributed by atoms with van der Waals surface area (Å²) in [7, 11) is 1.84. The van der Waals surface area contributed by atoms with Crippen molar-refractivity contribution in [2.75, 3.05) is 19.6 Å². The number of aryl methyl sites for hydroxylation is 1. The number of nitrogens with one attached hydrogen (secondary N) is 2. The molecule has 1 fully saturated rings. The summed E-state index contributed by atoms with van der Waals surface area (Å²) < 4.78 is 7.08. The number of hydrogen-bond donors (Lipinski definition) is 2. The van der Waals surface area contributed by atoms with Crippen molar-refractivity contribution in [2.24, 2.45) is 7.05 Å². The predicted molar refractivity (Wildman–Crippen MR) is 110 cm³/mol. The number of fused-ring (bicyclic) bond motifs is 1. The van der Waals surface area contributed by atoms with E-state index in [0.29, 0.717) is 19.6 Å². The number of carbonyl (C=O) groups excluding carboxylic acids is 2. The SMILES string of the molecule is Cn1nnc2cc(CNC(=O)[C@@H]3CN(C(=O)OCc4ccccc4)CCN3)ccc21. The Labute approximate surface area is 174 Å². The molecule has 0 aliphatic carbocycles. The Bertz CT molecular complexity index is 1040. The molecule has 1 aromatic heterocycles. The highest BCUT2D eigenvalue weighted by molar-refractivity contribution is 5.83. The molecule has 156 valence electrons. The number of piperazine rings is 1. The van der Waals surface area contributed by atoms with E-state index in [-0.39, 0.29) is 19.1 Å². The lowest BCUT2D eigenvalue weighted by atomic mass is 10.1. The third kappa shape index (κ3) is 4.57. The first-order valence-corrected chi connectivity index (χ1v) is 9.85. The summed E-state index contributed by atoms with van der Waals surface area (Å²) in [6, 6.07) is 14.8. The molecule has 2 aromatic carbocycles. The van der Waals surface area contributed by atoms with Gasteiger partial charge in [0.1, 0.15) is 18.2 Å². The maximum atomic E-state index is 12.6. The number of aromatic nitrogens is 3. The van der Waals surface area contributed by atoms with Gasteiger partial charge in [-0.05, 0) is 23.3 Å². The molecular formula is C21H24N6O3. The van der Waals surface area contributed by atoms with Crippen LogP contribution in [0.3, 0.4) is 0 Å². The minimum atomic E-state index is -0.483. The van der Waals surface area contributed by atoms with Crippen LogP contribution < -0.4 is 10.6 Å². The van der Waals surface area contributed by atoms with Crippen LogP contribution in [0.2, 0.25) is 0 Å². The van der Waals surface area contributed by atoms with Crippen LogP contribution in [0, 0.1) is 0 Å². The van der Waals surface area contributed by atoms with Gasteiger partial charge in [0.15, 0.2) is 0 Å². The zero-order chi connectivity index (χ0) is 20.9. The van der Waals surface area contributed by atoms with Gasteiger partial charge < -0.3 is 20.3 Å². The van der Waals surface area contributed by atoms with Crippen molar-refractivity contribution < 1.29 is 14.3 Å². The molecule has 2 amide bonds. The molecule has 9 heteroatoms. The topological polar surface area (TPSA) is 101 Å². The van der Waals surface area contributed by atoms with Gasteiger partial charge in [-0.3, -0.25) is 4.79 Å². The molecule has 0 radical (unpaired) electrons. The molecule has 1 aliphatic rings. The van der Waals surface area contributed by atoms with E-state index in [2.05, 4.69) is 20.9 Å². The summed E-state index contributed by atoms with van der Waals surface area (Å²) in [4.78, 5) is 26.5. The molecule has 1 atom stereocenters. The van der Waals surface area contributed by atoms with Crippen LogP contribution in [0.15, 0.2) is 48.5 Å². The Balaban J connectivity index is 1.28. The van der Waals surface area contributed by atoms with E-state index in [4.69, 9.17) is 4.74 Å². The number of nitrogens with zero attached hydrogens (tertiary/aromatic N) is 4. The minimum Gasteiger partial charge on any atom is -0.445 e. The smallest absolute Gasteiger partial charge is 0.410 e. The van der Waals surface area contributed by atoms with Crippen LogP contribution in [-0.2, 0) is 29.7 Å². The third-order valence-corrected chi connectivity index (χ3v) is 5.10. The van der Waals surface area contributed by atoms with Crippen molar-refractivity contribution in [3.63, 3.8) is 0 Å². The molecule has 2 N–H and O–H groups in total. The Morgan fingerprint density at radius 2 is 2.03 bits per heavy atom. The van der Waals surface area contributed by atoms with Gasteiger partial charge in [0.05, 0.1) is 5.52 Å². The van der Waals surface area contributed by atoms with Crippen LogP contribution in [0.25, 0.3) is 11.0 Å². The summed E-state index contributed by atoms with van der Waals surface area (Å²) >= 11 is 0. The fourth-order valence-corrected chi connectivity index (χ4v) is 3.41. The third-order valence-electron chi connectivity index (χ3n) is 5.10. The molecule has 9 nitrogen and oxygen atoms in total. The highest BCUT2D eigenvalue weighted by atomic mass is 16.6. The second-order valence-corrected chi connectivity index (χ2v) is 7.25. The fourth-order valence-electron chi connectivity index (χ4n) is 3.41. The molecule has 30 heavy (non-hydrogen) atoms. The maximum absolute atomic E-state index is 12.6. The second kappa shape index (κ2) is 8.91. The molecular weight excluding hydrogens is 384 g/mol. The summed E-state index contributed by atoms with van der Waals surface area (Å²) in [6.07, 6.45) is -0.411.